The summed E-state index contributed by atoms with van der Waals surface area (Å²) in [5, 5.41) is 4.05. The van der Waals surface area contributed by atoms with Gasteiger partial charge in [0.25, 0.3) is 5.91 Å². The third-order valence-corrected chi connectivity index (χ3v) is 5.77. The molecule has 31 heavy (non-hydrogen) atoms. The van der Waals surface area contributed by atoms with E-state index in [1.807, 2.05) is 44.2 Å². The zero-order chi connectivity index (χ0) is 21.8. The predicted molar refractivity (Wildman–Crippen MR) is 119 cm³/mol. The van der Waals surface area contributed by atoms with Crippen LogP contribution in [0.4, 0.5) is 0 Å². The summed E-state index contributed by atoms with van der Waals surface area (Å²) >= 11 is 0. The van der Waals surface area contributed by atoms with E-state index in [0.717, 1.165) is 24.2 Å². The van der Waals surface area contributed by atoms with Crippen LogP contribution in [0, 0.1) is 6.92 Å². The monoisotopic (exact) mass is 419 g/mol. The van der Waals surface area contributed by atoms with Crippen LogP contribution < -0.4 is 4.74 Å². The standard InChI is InChI=1S/C25H29N3O3/c1-4-22(30-21-14-13-18-7-5-6-8-20(18)15-21)25(29)28(3)16-23-26-24(27-31-23)19-11-9-17(2)10-12-19/h9-15,22H,4-8,16H2,1-3H3/t22-/m1/s1. The van der Waals surface area contributed by atoms with Crippen molar-refractivity contribution in [1.29, 1.82) is 0 Å². The third kappa shape index (κ3) is 4.95. The summed E-state index contributed by atoms with van der Waals surface area (Å²) in [5.41, 5.74) is 4.80. The number of hydrogen-bond donors (Lipinski definition) is 0. The molecule has 6 heteroatoms. The molecule has 0 saturated carbocycles. The van der Waals surface area contributed by atoms with E-state index in [1.165, 1.54) is 29.5 Å². The van der Waals surface area contributed by atoms with Crippen LogP contribution in [0.3, 0.4) is 0 Å². The lowest BCUT2D eigenvalue weighted by molar-refractivity contribution is -0.138. The zero-order valence-electron chi connectivity index (χ0n) is 18.4. The van der Waals surface area contributed by atoms with Crippen LogP contribution in [0.2, 0.25) is 0 Å². The first-order chi connectivity index (χ1) is 15.0. The number of hydrogen-bond acceptors (Lipinski definition) is 5. The number of ether oxygens (including phenoxy) is 1. The summed E-state index contributed by atoms with van der Waals surface area (Å²) in [4.78, 5) is 19.0. The van der Waals surface area contributed by atoms with Gasteiger partial charge in [-0.3, -0.25) is 4.79 Å². The Morgan fingerprint density at radius 3 is 2.61 bits per heavy atom. The first-order valence-corrected chi connectivity index (χ1v) is 11.0. The van der Waals surface area contributed by atoms with Gasteiger partial charge in [0.1, 0.15) is 5.75 Å². The molecule has 1 aliphatic carbocycles. The van der Waals surface area contributed by atoms with Crippen molar-refractivity contribution in [2.45, 2.75) is 58.6 Å². The minimum atomic E-state index is -0.550. The fourth-order valence-corrected chi connectivity index (χ4v) is 3.92. The molecule has 0 unspecified atom stereocenters. The van der Waals surface area contributed by atoms with Crippen molar-refractivity contribution in [2.75, 3.05) is 7.05 Å². The summed E-state index contributed by atoms with van der Waals surface area (Å²) < 4.78 is 11.4. The molecule has 1 aromatic heterocycles. The summed E-state index contributed by atoms with van der Waals surface area (Å²) in [6, 6.07) is 14.1. The van der Waals surface area contributed by atoms with Crippen LogP contribution in [-0.2, 0) is 24.2 Å². The average Bonchev–Trinajstić information content (AvgIpc) is 3.25. The van der Waals surface area contributed by atoms with E-state index in [1.54, 1.807) is 11.9 Å². The van der Waals surface area contributed by atoms with Gasteiger partial charge in [-0.1, -0.05) is 48.0 Å². The second kappa shape index (κ2) is 9.33. The Labute approximate surface area is 183 Å². The molecule has 1 aliphatic rings. The number of aryl methyl sites for hydroxylation is 3. The van der Waals surface area contributed by atoms with Gasteiger partial charge in [0, 0.05) is 12.6 Å². The summed E-state index contributed by atoms with van der Waals surface area (Å²) in [5.74, 6) is 1.58. The Balaban J connectivity index is 1.40. The van der Waals surface area contributed by atoms with Crippen molar-refractivity contribution in [3.63, 3.8) is 0 Å². The molecule has 6 nitrogen and oxygen atoms in total. The molecule has 2 aromatic carbocycles. The van der Waals surface area contributed by atoms with E-state index in [4.69, 9.17) is 9.26 Å². The van der Waals surface area contributed by atoms with Crippen molar-refractivity contribution in [2.24, 2.45) is 0 Å². The Morgan fingerprint density at radius 2 is 1.87 bits per heavy atom. The number of amides is 1. The molecule has 1 amide bonds. The molecular formula is C25H29N3O3. The highest BCUT2D eigenvalue weighted by molar-refractivity contribution is 5.81. The lowest BCUT2D eigenvalue weighted by Crippen LogP contribution is -2.39. The molecule has 1 atom stereocenters. The maximum atomic E-state index is 13.0. The van der Waals surface area contributed by atoms with Gasteiger partial charge >= 0.3 is 0 Å². The molecule has 1 heterocycles. The Morgan fingerprint density at radius 1 is 1.13 bits per heavy atom. The SMILES string of the molecule is CC[C@@H](Oc1ccc2c(c1)CCCC2)C(=O)N(C)Cc1nc(-c2ccc(C)cc2)no1. The molecule has 0 bridgehead atoms. The van der Waals surface area contributed by atoms with E-state index in [2.05, 4.69) is 22.3 Å². The second-order valence-corrected chi connectivity index (χ2v) is 8.22. The highest BCUT2D eigenvalue weighted by Crippen LogP contribution is 2.26. The number of aromatic nitrogens is 2. The molecule has 0 N–H and O–H groups in total. The van der Waals surface area contributed by atoms with E-state index in [9.17, 15) is 4.79 Å². The maximum absolute atomic E-state index is 13.0. The fourth-order valence-electron chi connectivity index (χ4n) is 3.92. The van der Waals surface area contributed by atoms with Gasteiger partial charge in [0.2, 0.25) is 11.7 Å². The Bertz CT molecular complexity index is 1040. The van der Waals surface area contributed by atoms with Crippen molar-refractivity contribution in [3.8, 4) is 17.1 Å². The highest BCUT2D eigenvalue weighted by atomic mass is 16.5. The van der Waals surface area contributed by atoms with Gasteiger partial charge in [-0.2, -0.15) is 4.98 Å². The van der Waals surface area contributed by atoms with Crippen LogP contribution in [-0.4, -0.2) is 34.1 Å². The molecule has 162 valence electrons. The molecule has 0 saturated heterocycles. The molecule has 0 aliphatic heterocycles. The van der Waals surface area contributed by atoms with E-state index < -0.39 is 6.10 Å². The van der Waals surface area contributed by atoms with Gasteiger partial charge in [0.15, 0.2) is 6.10 Å². The molecule has 0 radical (unpaired) electrons. The van der Waals surface area contributed by atoms with Crippen LogP contribution in [0.1, 0.15) is 48.8 Å². The molecule has 0 spiro atoms. The maximum Gasteiger partial charge on any atom is 0.263 e. The summed E-state index contributed by atoms with van der Waals surface area (Å²) in [7, 11) is 1.73. The third-order valence-electron chi connectivity index (χ3n) is 5.77. The van der Waals surface area contributed by atoms with Crippen LogP contribution in [0.5, 0.6) is 5.75 Å². The lowest BCUT2D eigenvalue weighted by atomic mass is 9.92. The molecular weight excluding hydrogens is 390 g/mol. The van der Waals surface area contributed by atoms with Crippen molar-refractivity contribution in [3.05, 3.63) is 65.0 Å². The normalized spacial score (nSPS) is 14.0. The highest BCUT2D eigenvalue weighted by Gasteiger charge is 2.24. The number of rotatable bonds is 7. The quantitative estimate of drug-likeness (QED) is 0.553. The van der Waals surface area contributed by atoms with Gasteiger partial charge in [0.05, 0.1) is 6.54 Å². The molecule has 0 fully saturated rings. The molecule has 3 aromatic rings. The largest absolute Gasteiger partial charge is 0.481 e. The smallest absolute Gasteiger partial charge is 0.263 e. The van der Waals surface area contributed by atoms with Gasteiger partial charge in [-0.25, -0.2) is 0 Å². The van der Waals surface area contributed by atoms with Crippen LogP contribution in [0.25, 0.3) is 11.4 Å². The number of benzene rings is 2. The minimum absolute atomic E-state index is 0.102. The van der Waals surface area contributed by atoms with Gasteiger partial charge in [-0.15, -0.1) is 0 Å². The van der Waals surface area contributed by atoms with E-state index in [-0.39, 0.29) is 12.5 Å². The summed E-state index contributed by atoms with van der Waals surface area (Å²) in [6.07, 6.45) is 4.70. The Hall–Kier alpha value is -3.15. The number of carbonyl (C=O) groups is 1. The lowest BCUT2D eigenvalue weighted by Gasteiger charge is -2.24. The number of fused-ring (bicyclic) bond motifs is 1. The number of likely N-dealkylation sites (N-methyl/N-ethyl adjacent to an activating group) is 1. The van der Waals surface area contributed by atoms with Gasteiger partial charge < -0.3 is 14.2 Å². The molecule has 4 rings (SSSR count). The number of nitrogens with zero attached hydrogens (tertiary/aromatic N) is 3. The number of carbonyl (C=O) groups excluding carboxylic acids is 1. The Kier molecular flexibility index (Phi) is 6.35. The van der Waals surface area contributed by atoms with Crippen LogP contribution in [0.15, 0.2) is 47.0 Å². The first kappa shape index (κ1) is 21.1. The van der Waals surface area contributed by atoms with Crippen molar-refractivity contribution < 1.29 is 14.1 Å². The first-order valence-electron chi connectivity index (χ1n) is 11.0. The predicted octanol–water partition coefficient (Wildman–Crippen LogP) is 4.74. The van der Waals surface area contributed by atoms with Crippen molar-refractivity contribution in [1.82, 2.24) is 15.0 Å². The van der Waals surface area contributed by atoms with E-state index in [0.29, 0.717) is 18.1 Å². The van der Waals surface area contributed by atoms with Crippen LogP contribution >= 0.6 is 0 Å². The van der Waals surface area contributed by atoms with E-state index >= 15 is 0 Å². The van der Waals surface area contributed by atoms with Gasteiger partial charge in [-0.05, 0) is 62.3 Å². The zero-order valence-corrected chi connectivity index (χ0v) is 18.4. The average molecular weight is 420 g/mol. The minimum Gasteiger partial charge on any atom is -0.481 e. The fraction of sp³-hybridized carbons (Fsp3) is 0.400. The van der Waals surface area contributed by atoms with Crippen molar-refractivity contribution >= 4 is 5.91 Å². The summed E-state index contributed by atoms with van der Waals surface area (Å²) in [6.45, 7) is 4.22. The topological polar surface area (TPSA) is 68.5 Å². The second-order valence-electron chi connectivity index (χ2n) is 8.22.